The Balaban J connectivity index is 2.18. The maximum atomic E-state index is 3.43. The number of allylic oxidation sites excluding steroid dienone is 1. The van der Waals surface area contributed by atoms with Crippen molar-refractivity contribution in [3.63, 3.8) is 0 Å². The first kappa shape index (κ1) is 8.39. The van der Waals surface area contributed by atoms with E-state index in [0.717, 1.165) is 4.47 Å². The minimum absolute atomic E-state index is 0.651. The summed E-state index contributed by atoms with van der Waals surface area (Å²) in [6.07, 6.45) is 3.41. The molecule has 12 heavy (non-hydrogen) atoms. The fourth-order valence-corrected chi connectivity index (χ4v) is 2.49. The first-order chi connectivity index (χ1) is 5.86. The van der Waals surface area contributed by atoms with Gasteiger partial charge in [0, 0.05) is 9.72 Å². The van der Waals surface area contributed by atoms with Gasteiger partial charge >= 0.3 is 0 Å². The van der Waals surface area contributed by atoms with Crippen molar-refractivity contribution in [1.29, 1.82) is 0 Å². The van der Waals surface area contributed by atoms with Crippen LogP contribution in [0.15, 0.2) is 40.2 Å². The second-order valence-electron chi connectivity index (χ2n) is 2.78. The highest BCUT2D eigenvalue weighted by Crippen LogP contribution is 2.38. The lowest BCUT2D eigenvalue weighted by atomic mass is 10.1. The zero-order valence-corrected chi connectivity index (χ0v) is 8.94. The first-order valence-electron chi connectivity index (χ1n) is 3.92. The van der Waals surface area contributed by atoms with Gasteiger partial charge in [-0.25, -0.2) is 0 Å². The lowest BCUT2D eigenvalue weighted by Gasteiger charge is -2.07. The quantitative estimate of drug-likeness (QED) is 0.712. The molecular weight excluding hydrogens is 232 g/mol. The normalized spacial score (nSPS) is 21.6. The fraction of sp³-hybridized carbons (Fsp3) is 0.200. The van der Waals surface area contributed by atoms with Crippen LogP contribution in [-0.4, -0.2) is 0 Å². The average molecular weight is 241 g/mol. The smallest absolute Gasteiger partial charge is 0.0373 e. The molecule has 0 saturated heterocycles. The van der Waals surface area contributed by atoms with E-state index in [0.29, 0.717) is 5.25 Å². The Morgan fingerprint density at radius 1 is 1.25 bits per heavy atom. The summed E-state index contributed by atoms with van der Waals surface area (Å²) in [6, 6.07) is 8.59. The van der Waals surface area contributed by atoms with Crippen molar-refractivity contribution >= 4 is 27.7 Å². The lowest BCUT2D eigenvalue weighted by Crippen LogP contribution is -1.86. The third-order valence-corrected chi connectivity index (χ3v) is 3.60. The van der Waals surface area contributed by atoms with E-state index in [9.17, 15) is 0 Å². The van der Waals surface area contributed by atoms with Gasteiger partial charge in [-0.2, -0.15) is 0 Å². The van der Waals surface area contributed by atoms with Gasteiger partial charge in [-0.15, -0.1) is 11.8 Å². The summed E-state index contributed by atoms with van der Waals surface area (Å²) in [7, 11) is 0. The van der Waals surface area contributed by atoms with E-state index in [4.69, 9.17) is 0 Å². The van der Waals surface area contributed by atoms with Crippen LogP contribution >= 0.6 is 27.7 Å². The molecule has 0 aromatic heterocycles. The van der Waals surface area contributed by atoms with Gasteiger partial charge in [-0.1, -0.05) is 34.1 Å². The number of hydrogen-bond donors (Lipinski definition) is 0. The summed E-state index contributed by atoms with van der Waals surface area (Å²) in [5.41, 5.74) is 1.42. The Bertz CT molecular complexity index is 281. The highest BCUT2D eigenvalue weighted by atomic mass is 79.9. The van der Waals surface area contributed by atoms with Gasteiger partial charge in [-0.05, 0) is 29.5 Å². The molecule has 2 rings (SSSR count). The minimum atomic E-state index is 0.651. The fourth-order valence-electron chi connectivity index (χ4n) is 1.28. The molecule has 1 atom stereocenters. The third kappa shape index (κ3) is 1.75. The van der Waals surface area contributed by atoms with Crippen LogP contribution in [0.1, 0.15) is 17.2 Å². The van der Waals surface area contributed by atoms with Crippen LogP contribution in [0.5, 0.6) is 0 Å². The van der Waals surface area contributed by atoms with Gasteiger partial charge in [0.25, 0.3) is 0 Å². The second kappa shape index (κ2) is 3.67. The summed E-state index contributed by atoms with van der Waals surface area (Å²) in [4.78, 5) is 0. The van der Waals surface area contributed by atoms with E-state index in [1.54, 1.807) is 0 Å². The molecule has 1 aromatic carbocycles. The molecule has 1 aliphatic heterocycles. The predicted octanol–water partition coefficient (Wildman–Crippen LogP) is 4.14. The number of hydrogen-bond acceptors (Lipinski definition) is 1. The maximum Gasteiger partial charge on any atom is 0.0373 e. The highest BCUT2D eigenvalue weighted by molar-refractivity contribution is 9.10. The van der Waals surface area contributed by atoms with Crippen LogP contribution in [-0.2, 0) is 0 Å². The Labute approximate surface area is 85.2 Å². The molecule has 0 fully saturated rings. The Morgan fingerprint density at radius 3 is 2.58 bits per heavy atom. The monoisotopic (exact) mass is 240 g/mol. The van der Waals surface area contributed by atoms with Gasteiger partial charge in [0.1, 0.15) is 0 Å². The van der Waals surface area contributed by atoms with Crippen LogP contribution < -0.4 is 0 Å². The van der Waals surface area contributed by atoms with Crippen molar-refractivity contribution in [2.75, 3.05) is 0 Å². The molecule has 0 bridgehead atoms. The summed E-state index contributed by atoms with van der Waals surface area (Å²) in [5.74, 6) is 0. The van der Waals surface area contributed by atoms with E-state index in [2.05, 4.69) is 51.7 Å². The number of halogens is 1. The van der Waals surface area contributed by atoms with Crippen LogP contribution in [0.4, 0.5) is 0 Å². The molecule has 0 N–H and O–H groups in total. The number of rotatable bonds is 1. The van der Waals surface area contributed by atoms with Crippen molar-refractivity contribution in [2.24, 2.45) is 0 Å². The summed E-state index contributed by atoms with van der Waals surface area (Å²) >= 11 is 5.34. The molecule has 0 spiro atoms. The molecule has 1 heterocycles. The van der Waals surface area contributed by atoms with Crippen LogP contribution in [0, 0.1) is 0 Å². The molecule has 2 heteroatoms. The third-order valence-electron chi connectivity index (χ3n) is 1.93. The van der Waals surface area contributed by atoms with E-state index in [1.165, 1.54) is 12.0 Å². The van der Waals surface area contributed by atoms with E-state index >= 15 is 0 Å². The van der Waals surface area contributed by atoms with Gasteiger partial charge in [0.05, 0.1) is 0 Å². The lowest BCUT2D eigenvalue weighted by molar-refractivity contribution is 0.990. The van der Waals surface area contributed by atoms with Crippen LogP contribution in [0.25, 0.3) is 0 Å². The van der Waals surface area contributed by atoms with Crippen LogP contribution in [0.2, 0.25) is 0 Å². The Morgan fingerprint density at radius 2 is 2.00 bits per heavy atom. The van der Waals surface area contributed by atoms with Crippen molar-refractivity contribution in [3.8, 4) is 0 Å². The molecule has 62 valence electrons. The van der Waals surface area contributed by atoms with E-state index in [-0.39, 0.29) is 0 Å². The van der Waals surface area contributed by atoms with E-state index < -0.39 is 0 Å². The van der Waals surface area contributed by atoms with E-state index in [1.807, 2.05) is 11.8 Å². The largest absolute Gasteiger partial charge is 0.126 e. The van der Waals surface area contributed by atoms with Gasteiger partial charge < -0.3 is 0 Å². The Hall–Kier alpha value is -0.210. The number of benzene rings is 1. The molecule has 0 saturated carbocycles. The van der Waals surface area contributed by atoms with Crippen LogP contribution in [0.3, 0.4) is 0 Å². The summed E-state index contributed by atoms with van der Waals surface area (Å²) in [5, 5.41) is 2.84. The van der Waals surface area contributed by atoms with Crippen molar-refractivity contribution in [2.45, 2.75) is 11.7 Å². The molecular formula is C10H9BrS. The summed E-state index contributed by atoms with van der Waals surface area (Å²) in [6.45, 7) is 0. The predicted molar refractivity (Wildman–Crippen MR) is 58.2 cm³/mol. The van der Waals surface area contributed by atoms with Gasteiger partial charge in [0.2, 0.25) is 0 Å². The molecule has 0 nitrogen and oxygen atoms in total. The molecule has 1 aromatic rings. The molecule has 0 aliphatic carbocycles. The standard InChI is InChI=1S/C10H9BrS/c11-9-5-3-8(4-6-9)10-2-1-7-12-10/h1,3-7,10H,2H2. The minimum Gasteiger partial charge on any atom is -0.126 e. The molecule has 0 radical (unpaired) electrons. The Kier molecular flexibility index (Phi) is 2.57. The van der Waals surface area contributed by atoms with Crippen molar-refractivity contribution < 1.29 is 0 Å². The molecule has 0 amide bonds. The van der Waals surface area contributed by atoms with Gasteiger partial charge in [-0.3, -0.25) is 0 Å². The molecule has 1 unspecified atom stereocenters. The first-order valence-corrected chi connectivity index (χ1v) is 5.66. The average Bonchev–Trinajstić information content (AvgIpc) is 2.58. The maximum absolute atomic E-state index is 3.43. The van der Waals surface area contributed by atoms with Crippen molar-refractivity contribution in [3.05, 3.63) is 45.8 Å². The van der Waals surface area contributed by atoms with Gasteiger partial charge in [0.15, 0.2) is 0 Å². The SMILES string of the molecule is Brc1ccc(C2CC=CS2)cc1. The second-order valence-corrected chi connectivity index (χ2v) is 4.81. The zero-order chi connectivity index (χ0) is 8.39. The summed E-state index contributed by atoms with van der Waals surface area (Å²) < 4.78 is 1.15. The van der Waals surface area contributed by atoms with Crippen molar-refractivity contribution in [1.82, 2.24) is 0 Å². The topological polar surface area (TPSA) is 0 Å². The highest BCUT2D eigenvalue weighted by Gasteiger charge is 2.12. The molecule has 1 aliphatic rings. The zero-order valence-electron chi connectivity index (χ0n) is 6.53. The number of thioether (sulfide) groups is 1.